The Bertz CT molecular complexity index is 661. The van der Waals surface area contributed by atoms with Gasteiger partial charge in [0.15, 0.2) is 0 Å². The Balaban J connectivity index is 2.94. The molecule has 0 unspecified atom stereocenters. The lowest BCUT2D eigenvalue weighted by Crippen LogP contribution is -2.45. The van der Waals surface area contributed by atoms with Gasteiger partial charge in [0.25, 0.3) is 0 Å². The molecule has 0 atom stereocenters. The van der Waals surface area contributed by atoms with Crippen LogP contribution < -0.4 is 10.1 Å². The highest BCUT2D eigenvalue weighted by atomic mass is 16.5. The number of urea groups is 1. The second kappa shape index (κ2) is 11.2. The fourth-order valence-corrected chi connectivity index (χ4v) is 2.53. The molecule has 1 aromatic rings. The lowest BCUT2D eigenvalue weighted by molar-refractivity contribution is -0.127. The Labute approximate surface area is 160 Å². The van der Waals surface area contributed by atoms with Crippen LogP contribution in [0.1, 0.15) is 36.2 Å². The number of hydrogen-bond donors (Lipinski definition) is 2. The van der Waals surface area contributed by atoms with Gasteiger partial charge in [0.05, 0.1) is 13.0 Å². The molecule has 8 nitrogen and oxygen atoms in total. The van der Waals surface area contributed by atoms with Gasteiger partial charge in [0, 0.05) is 13.1 Å². The maximum atomic E-state index is 12.7. The Kier molecular flexibility index (Phi) is 9.29. The van der Waals surface area contributed by atoms with E-state index in [-0.39, 0.29) is 23.6 Å². The zero-order chi connectivity index (χ0) is 20.4. The first-order valence-electron chi connectivity index (χ1n) is 9.02. The average molecular weight is 379 g/mol. The van der Waals surface area contributed by atoms with E-state index >= 15 is 0 Å². The van der Waals surface area contributed by atoms with Crippen molar-refractivity contribution in [2.24, 2.45) is 0 Å². The number of rotatable bonds is 10. The molecule has 0 aromatic heterocycles. The zero-order valence-electron chi connectivity index (χ0n) is 16.4. The number of nitrogens with one attached hydrogen (secondary N) is 1. The number of imide groups is 1. The van der Waals surface area contributed by atoms with E-state index < -0.39 is 12.0 Å². The molecule has 1 rings (SSSR count). The molecule has 0 saturated carbocycles. The average Bonchev–Trinajstić information content (AvgIpc) is 2.58. The van der Waals surface area contributed by atoms with Crippen molar-refractivity contribution in [3.63, 3.8) is 0 Å². The van der Waals surface area contributed by atoms with Crippen molar-refractivity contribution in [1.29, 1.82) is 0 Å². The van der Waals surface area contributed by atoms with E-state index in [2.05, 4.69) is 5.32 Å². The molecule has 1 aromatic carbocycles. The summed E-state index contributed by atoms with van der Waals surface area (Å²) in [5, 5.41) is 11.9. The van der Waals surface area contributed by atoms with Gasteiger partial charge in [-0.3, -0.25) is 9.69 Å². The smallest absolute Gasteiger partial charge is 0.339 e. The first-order chi connectivity index (χ1) is 12.8. The second-order valence-electron chi connectivity index (χ2n) is 6.28. The first kappa shape index (κ1) is 22.4. The number of nitrogens with zero attached hydrogens (tertiary/aromatic N) is 2. The standard InChI is InChI=1S/C19H29N3O5/c1-5-20-19(26)22(11-7-10-21(3)4)17(23)13-14-8-9-15(18(24)25)16(12-14)27-6-2/h8-9,12H,5-7,10-11,13H2,1-4H3,(H,20,26)(H,24,25). The molecular weight excluding hydrogens is 350 g/mol. The van der Waals surface area contributed by atoms with Gasteiger partial charge in [-0.15, -0.1) is 0 Å². The SMILES string of the molecule is CCNC(=O)N(CCCN(C)C)C(=O)Cc1ccc(C(=O)O)c(OCC)c1. The lowest BCUT2D eigenvalue weighted by atomic mass is 10.1. The number of hydrogen-bond acceptors (Lipinski definition) is 5. The topological polar surface area (TPSA) is 99.2 Å². The summed E-state index contributed by atoms with van der Waals surface area (Å²) in [4.78, 5) is 39.4. The zero-order valence-corrected chi connectivity index (χ0v) is 16.4. The summed E-state index contributed by atoms with van der Waals surface area (Å²) in [7, 11) is 3.86. The van der Waals surface area contributed by atoms with Crippen LogP contribution in [0.5, 0.6) is 5.75 Å². The van der Waals surface area contributed by atoms with E-state index in [0.717, 1.165) is 6.54 Å². The van der Waals surface area contributed by atoms with E-state index in [1.165, 1.54) is 11.0 Å². The molecule has 0 radical (unpaired) electrons. The number of benzene rings is 1. The van der Waals surface area contributed by atoms with Crippen LogP contribution in [0.3, 0.4) is 0 Å². The molecule has 0 fully saturated rings. The number of ether oxygens (including phenoxy) is 1. The highest BCUT2D eigenvalue weighted by molar-refractivity contribution is 5.96. The Morgan fingerprint density at radius 2 is 1.85 bits per heavy atom. The van der Waals surface area contributed by atoms with Crippen molar-refractivity contribution in [3.8, 4) is 5.75 Å². The summed E-state index contributed by atoms with van der Waals surface area (Å²) in [6, 6.07) is 4.10. The molecule has 0 saturated heterocycles. The van der Waals surface area contributed by atoms with Gasteiger partial charge in [-0.1, -0.05) is 6.07 Å². The van der Waals surface area contributed by atoms with Crippen LogP contribution in [-0.2, 0) is 11.2 Å². The van der Waals surface area contributed by atoms with Crippen molar-refractivity contribution >= 4 is 17.9 Å². The normalized spacial score (nSPS) is 10.6. The molecule has 27 heavy (non-hydrogen) atoms. The summed E-state index contributed by atoms with van der Waals surface area (Å²) in [6.07, 6.45) is 0.650. The Morgan fingerprint density at radius 3 is 2.41 bits per heavy atom. The molecular formula is C19H29N3O5. The number of carboxylic acid groups (broad SMARTS) is 1. The third-order valence-electron chi connectivity index (χ3n) is 3.79. The quantitative estimate of drug-likeness (QED) is 0.643. The maximum Gasteiger partial charge on any atom is 0.339 e. The third-order valence-corrected chi connectivity index (χ3v) is 3.79. The molecule has 2 N–H and O–H groups in total. The molecule has 8 heteroatoms. The molecule has 0 aliphatic carbocycles. The monoisotopic (exact) mass is 379 g/mol. The van der Waals surface area contributed by atoms with Crippen LogP contribution in [0.25, 0.3) is 0 Å². The van der Waals surface area contributed by atoms with Gasteiger partial charge in [-0.05, 0) is 58.6 Å². The van der Waals surface area contributed by atoms with Gasteiger partial charge in [-0.25, -0.2) is 9.59 Å². The summed E-state index contributed by atoms with van der Waals surface area (Å²) in [5.74, 6) is -1.22. The van der Waals surface area contributed by atoms with Crippen LogP contribution in [0.4, 0.5) is 4.79 Å². The van der Waals surface area contributed by atoms with Gasteiger partial charge < -0.3 is 20.1 Å². The highest BCUT2D eigenvalue weighted by Crippen LogP contribution is 2.21. The predicted octanol–water partition coefficient (Wildman–Crippen LogP) is 1.84. The summed E-state index contributed by atoms with van der Waals surface area (Å²) in [6.45, 7) is 5.36. The lowest BCUT2D eigenvalue weighted by Gasteiger charge is -2.22. The van der Waals surface area contributed by atoms with Crippen LogP contribution in [0, 0.1) is 0 Å². The van der Waals surface area contributed by atoms with Gasteiger partial charge >= 0.3 is 12.0 Å². The maximum absolute atomic E-state index is 12.7. The minimum absolute atomic E-state index is 0.0148. The molecule has 0 bridgehead atoms. The third kappa shape index (κ3) is 7.26. The number of carboxylic acids is 1. The Morgan fingerprint density at radius 1 is 1.15 bits per heavy atom. The number of carbonyl (C=O) groups is 3. The Hall–Kier alpha value is -2.61. The van der Waals surface area contributed by atoms with E-state index in [4.69, 9.17) is 4.74 Å². The molecule has 0 aliphatic rings. The van der Waals surface area contributed by atoms with Crippen LogP contribution in [-0.4, -0.2) is 73.2 Å². The molecule has 150 valence electrons. The van der Waals surface area contributed by atoms with Crippen molar-refractivity contribution in [2.45, 2.75) is 26.7 Å². The fraction of sp³-hybridized carbons (Fsp3) is 0.526. The van der Waals surface area contributed by atoms with Crippen molar-refractivity contribution < 1.29 is 24.2 Å². The van der Waals surface area contributed by atoms with E-state index in [0.29, 0.717) is 31.7 Å². The number of carbonyl (C=O) groups excluding carboxylic acids is 2. The van der Waals surface area contributed by atoms with Crippen molar-refractivity contribution in [3.05, 3.63) is 29.3 Å². The second-order valence-corrected chi connectivity index (χ2v) is 6.28. The number of aromatic carboxylic acids is 1. The van der Waals surface area contributed by atoms with E-state index in [9.17, 15) is 19.5 Å². The molecule has 0 spiro atoms. The van der Waals surface area contributed by atoms with Gasteiger partial charge in [0.2, 0.25) is 5.91 Å². The van der Waals surface area contributed by atoms with Crippen LogP contribution >= 0.6 is 0 Å². The van der Waals surface area contributed by atoms with E-state index in [1.807, 2.05) is 19.0 Å². The van der Waals surface area contributed by atoms with Crippen LogP contribution in [0.15, 0.2) is 18.2 Å². The van der Waals surface area contributed by atoms with E-state index in [1.54, 1.807) is 26.0 Å². The molecule has 0 heterocycles. The number of amides is 3. The van der Waals surface area contributed by atoms with Crippen LogP contribution in [0.2, 0.25) is 0 Å². The summed E-state index contributed by atoms with van der Waals surface area (Å²) in [5.41, 5.74) is 0.634. The fourth-order valence-electron chi connectivity index (χ4n) is 2.53. The summed E-state index contributed by atoms with van der Waals surface area (Å²) >= 11 is 0. The molecule has 3 amide bonds. The highest BCUT2D eigenvalue weighted by Gasteiger charge is 2.22. The van der Waals surface area contributed by atoms with Gasteiger partial charge in [0.1, 0.15) is 11.3 Å². The predicted molar refractivity (Wildman–Crippen MR) is 102 cm³/mol. The minimum Gasteiger partial charge on any atom is -0.493 e. The van der Waals surface area contributed by atoms with Crippen molar-refractivity contribution in [1.82, 2.24) is 15.1 Å². The minimum atomic E-state index is -1.09. The van der Waals surface area contributed by atoms with Crippen molar-refractivity contribution in [2.75, 3.05) is 40.3 Å². The molecule has 0 aliphatic heterocycles. The summed E-state index contributed by atoms with van der Waals surface area (Å²) < 4.78 is 5.37. The first-order valence-corrected chi connectivity index (χ1v) is 9.02. The van der Waals surface area contributed by atoms with Gasteiger partial charge in [-0.2, -0.15) is 0 Å². The largest absolute Gasteiger partial charge is 0.493 e.